The van der Waals surface area contributed by atoms with Gasteiger partial charge in [-0.3, -0.25) is 9.59 Å². The molecule has 0 fully saturated rings. The fourth-order valence-corrected chi connectivity index (χ4v) is 2.10. The number of hydrogen-bond acceptors (Lipinski definition) is 3. The zero-order valence-electron chi connectivity index (χ0n) is 14.5. The van der Waals surface area contributed by atoms with E-state index in [0.717, 1.165) is 41.8 Å². The van der Waals surface area contributed by atoms with Crippen LogP contribution in [-0.4, -0.2) is 17.5 Å². The molecule has 0 aliphatic carbocycles. The number of unbranched alkanes of at least 4 members (excludes halogenated alkanes) is 1. The molecule has 2 N–H and O–H groups in total. The predicted octanol–water partition coefficient (Wildman–Crippen LogP) is 3.70. The second-order valence-electron chi connectivity index (χ2n) is 5.85. The maximum Gasteiger partial charge on any atom is 0.240 e. The van der Waals surface area contributed by atoms with Gasteiger partial charge in [0.1, 0.15) is 0 Å². The largest absolute Gasteiger partial charge is 0.326 e. The molecule has 0 atom stereocenters. The van der Waals surface area contributed by atoms with Gasteiger partial charge in [0.2, 0.25) is 11.8 Å². The summed E-state index contributed by atoms with van der Waals surface area (Å²) in [4.78, 5) is 23.6. The van der Waals surface area contributed by atoms with E-state index < -0.39 is 0 Å². The van der Waals surface area contributed by atoms with Gasteiger partial charge in [-0.15, -0.1) is 0 Å². The predicted molar refractivity (Wildman–Crippen MR) is 94.6 cm³/mol. The Hall–Kier alpha value is -2.17. The summed E-state index contributed by atoms with van der Waals surface area (Å²) in [5, 5.41) is 6.86. The summed E-state index contributed by atoms with van der Waals surface area (Å²) in [6.45, 7) is 7.96. The van der Waals surface area contributed by atoms with Gasteiger partial charge in [0.05, 0.1) is 0 Å². The van der Waals surface area contributed by atoms with Crippen LogP contribution in [0, 0.1) is 13.8 Å². The van der Waals surface area contributed by atoms with E-state index in [-0.39, 0.29) is 24.7 Å². The summed E-state index contributed by atoms with van der Waals surface area (Å²) in [7, 11) is 0. The first-order valence-electron chi connectivity index (χ1n) is 8.11. The monoisotopic (exact) mass is 317 g/mol. The van der Waals surface area contributed by atoms with Gasteiger partial charge >= 0.3 is 0 Å². The third kappa shape index (κ3) is 7.58. The lowest BCUT2D eigenvalue weighted by Crippen LogP contribution is -2.21. The minimum absolute atomic E-state index is 0.126. The number of nitrogens with one attached hydrogen (secondary N) is 2. The molecular formula is C18H27N3O2. The molecule has 5 nitrogen and oxygen atoms in total. The van der Waals surface area contributed by atoms with Gasteiger partial charge in [-0.05, 0) is 45.2 Å². The summed E-state index contributed by atoms with van der Waals surface area (Å²) < 4.78 is 0. The summed E-state index contributed by atoms with van der Waals surface area (Å²) in [5.74, 6) is -0.407. The number of aryl methyl sites for hydroxylation is 2. The second-order valence-corrected chi connectivity index (χ2v) is 5.85. The molecule has 0 saturated carbocycles. The van der Waals surface area contributed by atoms with Gasteiger partial charge in [-0.1, -0.05) is 31.0 Å². The van der Waals surface area contributed by atoms with Crippen LogP contribution < -0.4 is 10.7 Å². The molecule has 0 aliphatic rings. The fourth-order valence-electron chi connectivity index (χ4n) is 2.10. The van der Waals surface area contributed by atoms with E-state index in [2.05, 4.69) is 22.8 Å². The average Bonchev–Trinajstić information content (AvgIpc) is 2.51. The minimum Gasteiger partial charge on any atom is -0.326 e. The molecule has 0 spiro atoms. The van der Waals surface area contributed by atoms with Gasteiger partial charge in [0.15, 0.2) is 0 Å². The van der Waals surface area contributed by atoms with Crippen molar-refractivity contribution >= 4 is 23.2 Å². The SMILES string of the molecule is CCCC/C(C)=N/NC(=O)CCC(=O)Nc1ccc(C)cc1C. The highest BCUT2D eigenvalue weighted by molar-refractivity contribution is 5.94. The quantitative estimate of drug-likeness (QED) is 0.567. The number of amides is 2. The Labute approximate surface area is 138 Å². The Balaban J connectivity index is 2.36. The second kappa shape index (κ2) is 9.77. The third-order valence-electron chi connectivity index (χ3n) is 3.50. The van der Waals surface area contributed by atoms with Gasteiger partial charge < -0.3 is 5.32 Å². The van der Waals surface area contributed by atoms with Gasteiger partial charge in [-0.25, -0.2) is 5.43 Å². The maximum absolute atomic E-state index is 11.9. The van der Waals surface area contributed by atoms with Crippen LogP contribution in [0.25, 0.3) is 0 Å². The normalized spacial score (nSPS) is 11.2. The summed E-state index contributed by atoms with van der Waals surface area (Å²) in [6, 6.07) is 5.84. The lowest BCUT2D eigenvalue weighted by Gasteiger charge is -2.09. The first-order chi connectivity index (χ1) is 10.9. The zero-order valence-corrected chi connectivity index (χ0v) is 14.5. The van der Waals surface area contributed by atoms with Crippen LogP contribution in [-0.2, 0) is 9.59 Å². The summed E-state index contributed by atoms with van der Waals surface area (Å²) in [5.41, 5.74) is 6.35. The molecule has 0 aromatic heterocycles. The highest BCUT2D eigenvalue weighted by Gasteiger charge is 2.08. The average molecular weight is 317 g/mol. The molecule has 0 unspecified atom stereocenters. The van der Waals surface area contributed by atoms with Crippen LogP contribution in [0.2, 0.25) is 0 Å². The van der Waals surface area contributed by atoms with Crippen molar-refractivity contribution in [1.29, 1.82) is 0 Å². The Morgan fingerprint density at radius 1 is 1.09 bits per heavy atom. The number of rotatable bonds is 8. The molecule has 126 valence electrons. The highest BCUT2D eigenvalue weighted by atomic mass is 16.2. The van der Waals surface area contributed by atoms with Crippen molar-refractivity contribution in [2.24, 2.45) is 5.10 Å². The number of anilines is 1. The molecule has 0 aliphatic heterocycles. The number of hydrazone groups is 1. The topological polar surface area (TPSA) is 70.6 Å². The van der Waals surface area contributed by atoms with E-state index in [1.165, 1.54) is 0 Å². The molecule has 23 heavy (non-hydrogen) atoms. The standard InChI is InChI=1S/C18H27N3O2/c1-5-6-7-15(4)20-21-18(23)11-10-17(22)19-16-9-8-13(2)12-14(16)3/h8-9,12H,5-7,10-11H2,1-4H3,(H,19,22)(H,21,23)/b20-15+. The molecule has 1 rings (SSSR count). The van der Waals surface area contributed by atoms with Crippen LogP contribution in [0.4, 0.5) is 5.69 Å². The van der Waals surface area contributed by atoms with Gasteiger partial charge in [-0.2, -0.15) is 5.10 Å². The molecule has 0 radical (unpaired) electrons. The van der Waals surface area contributed by atoms with Crippen molar-refractivity contribution in [1.82, 2.24) is 5.43 Å². The number of carbonyl (C=O) groups is 2. The Morgan fingerprint density at radius 3 is 2.43 bits per heavy atom. The summed E-state index contributed by atoms with van der Waals surface area (Å²) >= 11 is 0. The van der Waals surface area contributed by atoms with Crippen molar-refractivity contribution in [3.63, 3.8) is 0 Å². The molecule has 0 heterocycles. The smallest absolute Gasteiger partial charge is 0.240 e. The number of hydrogen-bond donors (Lipinski definition) is 2. The van der Waals surface area contributed by atoms with Gasteiger partial charge in [0, 0.05) is 24.2 Å². The molecular weight excluding hydrogens is 290 g/mol. The number of benzene rings is 1. The first-order valence-corrected chi connectivity index (χ1v) is 8.11. The molecule has 0 saturated heterocycles. The maximum atomic E-state index is 11.9. The molecule has 5 heteroatoms. The van der Waals surface area contributed by atoms with Crippen LogP contribution in [0.5, 0.6) is 0 Å². The van der Waals surface area contributed by atoms with Crippen LogP contribution >= 0.6 is 0 Å². The van der Waals surface area contributed by atoms with E-state index in [0.29, 0.717) is 0 Å². The molecule has 1 aromatic carbocycles. The van der Waals surface area contributed by atoms with Gasteiger partial charge in [0.25, 0.3) is 0 Å². The van der Waals surface area contributed by atoms with Crippen molar-refractivity contribution in [3.05, 3.63) is 29.3 Å². The van der Waals surface area contributed by atoms with E-state index in [9.17, 15) is 9.59 Å². The first kappa shape index (κ1) is 18.9. The van der Waals surface area contributed by atoms with E-state index in [1.54, 1.807) is 0 Å². The lowest BCUT2D eigenvalue weighted by atomic mass is 10.1. The Morgan fingerprint density at radius 2 is 1.78 bits per heavy atom. The highest BCUT2D eigenvalue weighted by Crippen LogP contribution is 2.16. The Kier molecular flexibility index (Phi) is 8.02. The van der Waals surface area contributed by atoms with Crippen LogP contribution in [0.15, 0.2) is 23.3 Å². The molecule has 0 bridgehead atoms. The van der Waals surface area contributed by atoms with Crippen LogP contribution in [0.3, 0.4) is 0 Å². The molecule has 2 amide bonds. The van der Waals surface area contributed by atoms with Crippen LogP contribution in [0.1, 0.15) is 57.1 Å². The van der Waals surface area contributed by atoms with E-state index >= 15 is 0 Å². The van der Waals surface area contributed by atoms with E-state index in [4.69, 9.17) is 0 Å². The van der Waals surface area contributed by atoms with Crippen molar-refractivity contribution in [2.45, 2.75) is 59.8 Å². The fraction of sp³-hybridized carbons (Fsp3) is 0.500. The minimum atomic E-state index is -0.239. The van der Waals surface area contributed by atoms with E-state index in [1.807, 2.05) is 39.0 Å². The molecule has 1 aromatic rings. The zero-order chi connectivity index (χ0) is 17.2. The number of nitrogens with zero attached hydrogens (tertiary/aromatic N) is 1. The summed E-state index contributed by atoms with van der Waals surface area (Å²) in [6.07, 6.45) is 3.30. The Bertz CT molecular complexity index is 580. The van der Waals surface area contributed by atoms with Crippen molar-refractivity contribution < 1.29 is 9.59 Å². The number of carbonyl (C=O) groups excluding carboxylic acids is 2. The van der Waals surface area contributed by atoms with Crippen molar-refractivity contribution in [3.8, 4) is 0 Å². The van der Waals surface area contributed by atoms with Crippen molar-refractivity contribution in [2.75, 3.05) is 5.32 Å². The lowest BCUT2D eigenvalue weighted by molar-refractivity contribution is -0.124. The third-order valence-corrected chi connectivity index (χ3v) is 3.50.